The van der Waals surface area contributed by atoms with Gasteiger partial charge in [-0.1, -0.05) is 26.0 Å². The molecular formula is C19H20N4O7. The molecule has 0 radical (unpaired) electrons. The average Bonchev–Trinajstić information content (AvgIpc) is 2.67. The van der Waals surface area contributed by atoms with Crippen molar-refractivity contribution in [1.82, 2.24) is 5.43 Å². The fraction of sp³-hybridized carbons (Fsp3) is 0.263. The van der Waals surface area contributed by atoms with Crippen LogP contribution in [0, 0.1) is 27.2 Å². The Labute approximate surface area is 171 Å². The van der Waals surface area contributed by atoms with Crippen LogP contribution in [0.4, 0.5) is 11.4 Å². The Morgan fingerprint density at radius 2 is 1.93 bits per heavy atom. The fourth-order valence-corrected chi connectivity index (χ4v) is 2.56. The van der Waals surface area contributed by atoms with E-state index < -0.39 is 32.9 Å². The lowest BCUT2D eigenvalue weighted by atomic mass is 10.0. The number of aryl methyl sites for hydroxylation is 1. The van der Waals surface area contributed by atoms with Gasteiger partial charge in [0.05, 0.1) is 27.7 Å². The van der Waals surface area contributed by atoms with E-state index in [-0.39, 0.29) is 18.1 Å². The highest BCUT2D eigenvalue weighted by molar-refractivity contribution is 5.88. The van der Waals surface area contributed by atoms with Gasteiger partial charge in [0.2, 0.25) is 5.75 Å². The van der Waals surface area contributed by atoms with Gasteiger partial charge in [-0.3, -0.25) is 25.0 Å². The first-order valence-electron chi connectivity index (χ1n) is 8.81. The zero-order valence-corrected chi connectivity index (χ0v) is 16.5. The number of ether oxygens (including phenoxy) is 1. The number of nitrogens with one attached hydrogen (secondary N) is 1. The number of rotatable bonds is 8. The standard InChI is InChI=1S/C19H20N4O7/c1-11(2)15-5-4-12(3)6-17(15)30-10-18(24)21-20-9-13-7-14(22(26)27)8-16(19(13)25)23(28)29/h4-9,11,25H,10H2,1-3H3,(H,21,24). The van der Waals surface area contributed by atoms with Gasteiger partial charge in [0.1, 0.15) is 5.75 Å². The molecule has 0 unspecified atom stereocenters. The second-order valence-corrected chi connectivity index (χ2v) is 6.69. The van der Waals surface area contributed by atoms with E-state index in [0.29, 0.717) is 11.8 Å². The van der Waals surface area contributed by atoms with Crippen LogP contribution >= 0.6 is 0 Å². The number of phenolic OH excluding ortho intramolecular Hbond substituents is 1. The minimum absolute atomic E-state index is 0.189. The molecule has 2 rings (SSSR count). The number of nitrogens with zero attached hydrogens (tertiary/aromatic N) is 3. The van der Waals surface area contributed by atoms with Crippen molar-refractivity contribution in [3.63, 3.8) is 0 Å². The van der Waals surface area contributed by atoms with Gasteiger partial charge in [0.15, 0.2) is 6.61 Å². The molecule has 0 spiro atoms. The number of carbonyl (C=O) groups excluding carboxylic acids is 1. The summed E-state index contributed by atoms with van der Waals surface area (Å²) in [5, 5.41) is 35.3. The van der Waals surface area contributed by atoms with E-state index in [1.54, 1.807) is 0 Å². The molecule has 30 heavy (non-hydrogen) atoms. The maximum Gasteiger partial charge on any atom is 0.318 e. The molecule has 0 atom stereocenters. The molecule has 2 aromatic carbocycles. The lowest BCUT2D eigenvalue weighted by molar-refractivity contribution is -0.394. The molecule has 0 aliphatic rings. The summed E-state index contributed by atoms with van der Waals surface area (Å²) >= 11 is 0. The highest BCUT2D eigenvalue weighted by Gasteiger charge is 2.23. The summed E-state index contributed by atoms with van der Waals surface area (Å²) in [6.07, 6.45) is 0.874. The third-order valence-electron chi connectivity index (χ3n) is 4.05. The van der Waals surface area contributed by atoms with Crippen molar-refractivity contribution in [2.45, 2.75) is 26.7 Å². The van der Waals surface area contributed by atoms with E-state index in [4.69, 9.17) is 4.74 Å². The normalized spacial score (nSPS) is 10.9. The molecule has 0 fully saturated rings. The third kappa shape index (κ3) is 5.50. The lowest BCUT2D eigenvalue weighted by Gasteiger charge is -2.14. The topological polar surface area (TPSA) is 157 Å². The monoisotopic (exact) mass is 416 g/mol. The molecule has 0 aliphatic heterocycles. The Balaban J connectivity index is 2.09. The summed E-state index contributed by atoms with van der Waals surface area (Å²) in [5.74, 6) is -0.673. The molecule has 11 heteroatoms. The van der Waals surface area contributed by atoms with Gasteiger partial charge in [0, 0.05) is 6.07 Å². The molecular weight excluding hydrogens is 396 g/mol. The summed E-state index contributed by atoms with van der Waals surface area (Å²) in [7, 11) is 0. The van der Waals surface area contributed by atoms with Crippen molar-refractivity contribution in [2.75, 3.05) is 6.61 Å². The van der Waals surface area contributed by atoms with Crippen molar-refractivity contribution in [3.05, 3.63) is 67.3 Å². The highest BCUT2D eigenvalue weighted by atomic mass is 16.6. The molecule has 2 aromatic rings. The maximum absolute atomic E-state index is 12.0. The second kappa shape index (κ2) is 9.45. The number of carbonyl (C=O) groups is 1. The number of benzene rings is 2. The number of amides is 1. The van der Waals surface area contributed by atoms with Gasteiger partial charge in [-0.15, -0.1) is 0 Å². The molecule has 0 aromatic heterocycles. The summed E-state index contributed by atoms with van der Waals surface area (Å²) in [5.41, 5.74) is 2.31. The van der Waals surface area contributed by atoms with Crippen LogP contribution in [0.1, 0.15) is 36.5 Å². The minimum atomic E-state index is -0.958. The third-order valence-corrected chi connectivity index (χ3v) is 4.05. The van der Waals surface area contributed by atoms with Gasteiger partial charge in [0.25, 0.3) is 11.6 Å². The van der Waals surface area contributed by atoms with E-state index in [9.17, 15) is 30.1 Å². The summed E-state index contributed by atoms with van der Waals surface area (Å²) in [6, 6.07) is 7.20. The Hall–Kier alpha value is -4.02. The highest BCUT2D eigenvalue weighted by Crippen LogP contribution is 2.33. The quantitative estimate of drug-likeness (QED) is 0.380. The summed E-state index contributed by atoms with van der Waals surface area (Å²) < 4.78 is 5.55. The molecule has 1 amide bonds. The van der Waals surface area contributed by atoms with E-state index in [2.05, 4.69) is 10.5 Å². The van der Waals surface area contributed by atoms with Crippen LogP contribution in [0.3, 0.4) is 0 Å². The first-order chi connectivity index (χ1) is 14.1. The SMILES string of the molecule is Cc1ccc(C(C)C)c(OCC(=O)NN=Cc2cc([N+](=O)[O-])cc([N+](=O)[O-])c2O)c1. The molecule has 0 heterocycles. The van der Waals surface area contributed by atoms with E-state index >= 15 is 0 Å². The number of aromatic hydroxyl groups is 1. The second-order valence-electron chi connectivity index (χ2n) is 6.69. The first-order valence-corrected chi connectivity index (χ1v) is 8.81. The van der Waals surface area contributed by atoms with Crippen molar-refractivity contribution in [3.8, 4) is 11.5 Å². The summed E-state index contributed by atoms with van der Waals surface area (Å²) in [6.45, 7) is 5.53. The van der Waals surface area contributed by atoms with Crippen LogP contribution in [0.5, 0.6) is 11.5 Å². The van der Waals surface area contributed by atoms with Crippen LogP contribution in [0.2, 0.25) is 0 Å². The van der Waals surface area contributed by atoms with Gasteiger partial charge in [-0.2, -0.15) is 5.10 Å². The number of phenols is 1. The van der Waals surface area contributed by atoms with Crippen molar-refractivity contribution in [1.29, 1.82) is 0 Å². The lowest BCUT2D eigenvalue weighted by Crippen LogP contribution is -2.25. The molecule has 11 nitrogen and oxygen atoms in total. The number of hydrazone groups is 1. The Morgan fingerprint density at radius 3 is 2.53 bits per heavy atom. The fourth-order valence-electron chi connectivity index (χ4n) is 2.56. The first kappa shape index (κ1) is 22.3. The molecule has 2 N–H and O–H groups in total. The summed E-state index contributed by atoms with van der Waals surface area (Å²) in [4.78, 5) is 32.0. The van der Waals surface area contributed by atoms with Gasteiger partial charge in [-0.25, -0.2) is 5.43 Å². The molecule has 0 bridgehead atoms. The molecule has 0 saturated heterocycles. The zero-order chi connectivity index (χ0) is 22.4. The van der Waals surface area contributed by atoms with E-state index in [1.165, 1.54) is 0 Å². The predicted octanol–water partition coefficient (Wildman–Crippen LogP) is 3.17. The number of hydrogen-bond donors (Lipinski definition) is 2. The number of nitro benzene ring substituents is 2. The Bertz CT molecular complexity index is 1020. The number of nitro groups is 2. The zero-order valence-electron chi connectivity index (χ0n) is 16.5. The molecule has 158 valence electrons. The van der Waals surface area contributed by atoms with Crippen molar-refractivity contribution >= 4 is 23.5 Å². The Morgan fingerprint density at radius 1 is 1.23 bits per heavy atom. The van der Waals surface area contributed by atoms with Crippen molar-refractivity contribution < 1.29 is 24.5 Å². The van der Waals surface area contributed by atoms with Crippen LogP contribution in [-0.4, -0.2) is 33.7 Å². The predicted molar refractivity (Wildman–Crippen MR) is 108 cm³/mol. The Kier molecular flexibility index (Phi) is 7.02. The van der Waals surface area contributed by atoms with Crippen LogP contribution < -0.4 is 10.2 Å². The number of hydrogen-bond acceptors (Lipinski definition) is 8. The van der Waals surface area contributed by atoms with Gasteiger partial charge < -0.3 is 9.84 Å². The largest absolute Gasteiger partial charge is 0.502 e. The average molecular weight is 416 g/mol. The van der Waals surface area contributed by atoms with Gasteiger partial charge >= 0.3 is 5.69 Å². The molecule has 0 saturated carbocycles. The molecule has 0 aliphatic carbocycles. The smallest absolute Gasteiger partial charge is 0.318 e. The van der Waals surface area contributed by atoms with E-state index in [0.717, 1.165) is 23.4 Å². The number of non-ortho nitro benzene ring substituents is 1. The van der Waals surface area contributed by atoms with Gasteiger partial charge in [-0.05, 0) is 30.0 Å². The van der Waals surface area contributed by atoms with Crippen molar-refractivity contribution in [2.24, 2.45) is 5.10 Å². The maximum atomic E-state index is 12.0. The van der Waals surface area contributed by atoms with Crippen LogP contribution in [0.25, 0.3) is 0 Å². The van der Waals surface area contributed by atoms with Crippen LogP contribution in [0.15, 0.2) is 35.4 Å². The minimum Gasteiger partial charge on any atom is -0.502 e. The van der Waals surface area contributed by atoms with E-state index in [1.807, 2.05) is 39.0 Å². The van der Waals surface area contributed by atoms with Crippen LogP contribution in [-0.2, 0) is 4.79 Å².